The number of benzene rings is 1. The zero-order valence-electron chi connectivity index (χ0n) is 12.6. The van der Waals surface area contributed by atoms with Crippen LogP contribution >= 0.6 is 0 Å². The molecule has 4 heteroatoms. The summed E-state index contributed by atoms with van der Waals surface area (Å²) in [7, 11) is 0. The number of hydrogen-bond donors (Lipinski definition) is 1. The Hall–Kier alpha value is -1.42. The molecule has 1 saturated carbocycles. The van der Waals surface area contributed by atoms with Gasteiger partial charge in [-0.1, -0.05) is 18.9 Å². The number of nitrogens with zero attached hydrogens (tertiary/aromatic N) is 1. The van der Waals surface area contributed by atoms with Gasteiger partial charge in [-0.2, -0.15) is 0 Å². The van der Waals surface area contributed by atoms with Crippen LogP contribution in [-0.4, -0.2) is 36.0 Å². The molecule has 1 aromatic rings. The summed E-state index contributed by atoms with van der Waals surface area (Å²) < 4.78 is 13.8. The molecule has 114 valence electrons. The number of carbonyl (C=O) groups is 1. The Morgan fingerprint density at radius 3 is 2.67 bits per heavy atom. The first-order valence-electron chi connectivity index (χ1n) is 7.97. The van der Waals surface area contributed by atoms with Crippen LogP contribution in [0, 0.1) is 12.7 Å². The van der Waals surface area contributed by atoms with E-state index in [9.17, 15) is 9.18 Å². The van der Waals surface area contributed by atoms with Crippen LogP contribution in [0.25, 0.3) is 0 Å². The minimum atomic E-state index is -0.295. The molecule has 0 radical (unpaired) electrons. The van der Waals surface area contributed by atoms with Gasteiger partial charge in [0.05, 0.1) is 0 Å². The Labute approximate surface area is 125 Å². The summed E-state index contributed by atoms with van der Waals surface area (Å²) in [6, 6.07) is 5.39. The van der Waals surface area contributed by atoms with E-state index in [-0.39, 0.29) is 17.8 Å². The first-order valence-corrected chi connectivity index (χ1v) is 7.97. The van der Waals surface area contributed by atoms with Crippen molar-refractivity contribution in [1.82, 2.24) is 10.2 Å². The van der Waals surface area contributed by atoms with Gasteiger partial charge in [0.15, 0.2) is 0 Å². The van der Waals surface area contributed by atoms with Gasteiger partial charge in [0.1, 0.15) is 5.82 Å². The first kappa shape index (κ1) is 14.5. The van der Waals surface area contributed by atoms with Gasteiger partial charge in [-0.05, 0) is 50.4 Å². The van der Waals surface area contributed by atoms with Crippen LogP contribution in [-0.2, 0) is 0 Å². The highest BCUT2D eigenvalue weighted by atomic mass is 19.1. The molecule has 0 bridgehead atoms. The van der Waals surface area contributed by atoms with Gasteiger partial charge in [0.25, 0.3) is 5.91 Å². The average Bonchev–Trinajstić information content (AvgIpc) is 3.16. The van der Waals surface area contributed by atoms with Crippen LogP contribution in [0.1, 0.15) is 48.0 Å². The van der Waals surface area contributed by atoms with Crippen LogP contribution in [0.3, 0.4) is 0 Å². The van der Waals surface area contributed by atoms with Crippen LogP contribution in [0.15, 0.2) is 18.2 Å². The molecule has 1 atom stereocenters. The maximum absolute atomic E-state index is 13.8. The topological polar surface area (TPSA) is 32.3 Å². The highest BCUT2D eigenvalue weighted by Crippen LogP contribution is 2.29. The second-order valence-corrected chi connectivity index (χ2v) is 6.21. The summed E-state index contributed by atoms with van der Waals surface area (Å²) >= 11 is 0. The molecule has 0 unspecified atom stereocenters. The fourth-order valence-electron chi connectivity index (χ4n) is 3.67. The standard InChI is InChI=1S/C17H23FN2O/c1-12-15(7-4-8-16(12)18)17(21)20(13-5-2-3-6-13)14-9-10-19-11-14/h4,7-8,13-14,19H,2-3,5-6,9-11H2,1H3/t14-/m1/s1. The Balaban J connectivity index is 1.91. The van der Waals surface area contributed by atoms with Crippen molar-refractivity contribution in [3.05, 3.63) is 35.1 Å². The van der Waals surface area contributed by atoms with Gasteiger partial charge in [-0.3, -0.25) is 4.79 Å². The number of halogens is 1. The largest absolute Gasteiger partial charge is 0.331 e. The van der Waals surface area contributed by atoms with Crippen LogP contribution < -0.4 is 5.32 Å². The van der Waals surface area contributed by atoms with Crippen LogP contribution in [0.4, 0.5) is 4.39 Å². The number of hydrogen-bond acceptors (Lipinski definition) is 2. The van der Waals surface area contributed by atoms with Crippen molar-refractivity contribution in [2.75, 3.05) is 13.1 Å². The predicted octanol–water partition coefficient (Wildman–Crippen LogP) is 2.88. The lowest BCUT2D eigenvalue weighted by Crippen LogP contribution is -2.47. The second-order valence-electron chi connectivity index (χ2n) is 6.21. The Morgan fingerprint density at radius 1 is 1.24 bits per heavy atom. The van der Waals surface area contributed by atoms with Gasteiger partial charge < -0.3 is 10.2 Å². The molecule has 0 aromatic heterocycles. The van der Waals surface area contributed by atoms with Crippen molar-refractivity contribution >= 4 is 5.91 Å². The SMILES string of the molecule is Cc1c(F)cccc1C(=O)N(C1CCCC1)[C@@H]1CCNC1. The minimum Gasteiger partial charge on any atom is -0.331 e. The Kier molecular flexibility index (Phi) is 4.24. The molecule has 1 saturated heterocycles. The molecular formula is C17H23FN2O. The Bertz CT molecular complexity index is 504. The predicted molar refractivity (Wildman–Crippen MR) is 80.8 cm³/mol. The van der Waals surface area contributed by atoms with E-state index in [1.807, 2.05) is 0 Å². The molecule has 2 fully saturated rings. The first-order chi connectivity index (χ1) is 10.2. The van der Waals surface area contributed by atoms with Gasteiger partial charge in [0.2, 0.25) is 0 Å². The third-order valence-corrected chi connectivity index (χ3v) is 4.88. The zero-order valence-corrected chi connectivity index (χ0v) is 12.6. The maximum atomic E-state index is 13.8. The van der Waals surface area contributed by atoms with Gasteiger partial charge in [-0.15, -0.1) is 0 Å². The van der Waals surface area contributed by atoms with Crippen molar-refractivity contribution in [3.8, 4) is 0 Å². The lowest BCUT2D eigenvalue weighted by atomic mass is 10.0. The van der Waals surface area contributed by atoms with E-state index in [2.05, 4.69) is 10.2 Å². The van der Waals surface area contributed by atoms with E-state index in [4.69, 9.17) is 0 Å². The summed E-state index contributed by atoms with van der Waals surface area (Å²) in [5, 5.41) is 3.34. The molecule has 1 heterocycles. The molecular weight excluding hydrogens is 267 g/mol. The van der Waals surface area contributed by atoms with Crippen LogP contribution in [0.5, 0.6) is 0 Å². The molecule has 1 aromatic carbocycles. The van der Waals surface area contributed by atoms with E-state index in [1.54, 1.807) is 19.1 Å². The van der Waals surface area contributed by atoms with Crippen molar-refractivity contribution in [2.45, 2.75) is 51.1 Å². The highest BCUT2D eigenvalue weighted by molar-refractivity contribution is 5.96. The molecule has 0 spiro atoms. The molecule has 1 amide bonds. The molecule has 21 heavy (non-hydrogen) atoms. The lowest BCUT2D eigenvalue weighted by Gasteiger charge is -2.34. The summed E-state index contributed by atoms with van der Waals surface area (Å²) in [4.78, 5) is 15.1. The summed E-state index contributed by atoms with van der Waals surface area (Å²) in [6.07, 6.45) is 5.54. The maximum Gasteiger partial charge on any atom is 0.254 e. The highest BCUT2D eigenvalue weighted by Gasteiger charge is 2.35. The monoisotopic (exact) mass is 290 g/mol. The number of amides is 1. The van der Waals surface area contributed by atoms with E-state index in [0.29, 0.717) is 17.2 Å². The van der Waals surface area contributed by atoms with E-state index >= 15 is 0 Å². The molecule has 3 rings (SSSR count). The van der Waals surface area contributed by atoms with E-state index in [1.165, 1.54) is 18.9 Å². The third-order valence-electron chi connectivity index (χ3n) is 4.88. The van der Waals surface area contributed by atoms with Gasteiger partial charge >= 0.3 is 0 Å². The fourth-order valence-corrected chi connectivity index (χ4v) is 3.67. The third kappa shape index (κ3) is 2.82. The van der Waals surface area contributed by atoms with Gasteiger partial charge in [-0.25, -0.2) is 4.39 Å². The number of rotatable bonds is 3. The van der Waals surface area contributed by atoms with E-state index in [0.717, 1.165) is 32.4 Å². The normalized spacial score (nSPS) is 22.7. The summed E-state index contributed by atoms with van der Waals surface area (Å²) in [5.74, 6) is -0.288. The van der Waals surface area contributed by atoms with Crippen molar-refractivity contribution in [3.63, 3.8) is 0 Å². The average molecular weight is 290 g/mol. The zero-order chi connectivity index (χ0) is 14.8. The molecule has 2 aliphatic rings. The van der Waals surface area contributed by atoms with Gasteiger partial charge in [0, 0.05) is 24.2 Å². The summed E-state index contributed by atoms with van der Waals surface area (Å²) in [5.41, 5.74) is 0.991. The molecule has 1 aliphatic heterocycles. The molecule has 1 aliphatic carbocycles. The number of nitrogens with one attached hydrogen (secondary N) is 1. The molecule has 1 N–H and O–H groups in total. The molecule has 3 nitrogen and oxygen atoms in total. The second kappa shape index (κ2) is 6.14. The fraction of sp³-hybridized carbons (Fsp3) is 0.588. The number of carbonyl (C=O) groups excluding carboxylic acids is 1. The smallest absolute Gasteiger partial charge is 0.254 e. The van der Waals surface area contributed by atoms with Crippen LogP contribution in [0.2, 0.25) is 0 Å². The van der Waals surface area contributed by atoms with Crippen molar-refractivity contribution in [1.29, 1.82) is 0 Å². The van der Waals surface area contributed by atoms with E-state index < -0.39 is 0 Å². The van der Waals surface area contributed by atoms with Crippen molar-refractivity contribution in [2.24, 2.45) is 0 Å². The quantitative estimate of drug-likeness (QED) is 0.928. The lowest BCUT2D eigenvalue weighted by molar-refractivity contribution is 0.0593. The van der Waals surface area contributed by atoms with Crippen molar-refractivity contribution < 1.29 is 9.18 Å². The Morgan fingerprint density at radius 2 is 2.00 bits per heavy atom. The minimum absolute atomic E-state index is 0.00704. The summed E-state index contributed by atoms with van der Waals surface area (Å²) in [6.45, 7) is 3.52.